The molecule has 0 spiro atoms. The minimum atomic E-state index is 0.165. The van der Waals surface area contributed by atoms with E-state index in [0.717, 1.165) is 28.5 Å². The maximum absolute atomic E-state index is 5.95. The van der Waals surface area contributed by atoms with Crippen molar-refractivity contribution in [3.8, 4) is 0 Å². The number of rotatable bonds is 4. The van der Waals surface area contributed by atoms with Crippen molar-refractivity contribution < 1.29 is 0 Å². The van der Waals surface area contributed by atoms with E-state index in [0.29, 0.717) is 0 Å². The smallest absolute Gasteiger partial charge is 0.0782 e. The van der Waals surface area contributed by atoms with Gasteiger partial charge in [0.25, 0.3) is 0 Å². The predicted molar refractivity (Wildman–Crippen MR) is 73.5 cm³/mol. The van der Waals surface area contributed by atoms with Crippen molar-refractivity contribution in [2.45, 2.75) is 26.4 Å². The third kappa shape index (κ3) is 3.28. The molecule has 4 heteroatoms. The Balaban J connectivity index is 2.00. The highest BCUT2D eigenvalue weighted by atomic mass is 35.5. The second-order valence-electron chi connectivity index (χ2n) is 4.26. The van der Waals surface area contributed by atoms with Gasteiger partial charge in [0.2, 0.25) is 0 Å². The van der Waals surface area contributed by atoms with Gasteiger partial charge >= 0.3 is 0 Å². The van der Waals surface area contributed by atoms with Crippen molar-refractivity contribution in [2.75, 3.05) is 0 Å². The number of aromatic nitrogens is 2. The maximum Gasteiger partial charge on any atom is 0.0782 e. The molecule has 2 aromatic rings. The molecule has 0 radical (unpaired) electrons. The van der Waals surface area contributed by atoms with Gasteiger partial charge in [0.05, 0.1) is 11.4 Å². The van der Waals surface area contributed by atoms with E-state index in [1.54, 1.807) is 12.4 Å². The molecule has 2 rings (SSSR count). The highest BCUT2D eigenvalue weighted by Crippen LogP contribution is 2.14. The highest BCUT2D eigenvalue weighted by molar-refractivity contribution is 6.30. The molecule has 1 N–H and O–H groups in total. The first-order valence-corrected chi connectivity index (χ1v) is 6.30. The van der Waals surface area contributed by atoms with Crippen molar-refractivity contribution in [3.63, 3.8) is 0 Å². The van der Waals surface area contributed by atoms with Crippen molar-refractivity contribution in [1.82, 2.24) is 15.3 Å². The molecule has 0 saturated heterocycles. The Morgan fingerprint density at radius 2 is 2.06 bits per heavy atom. The van der Waals surface area contributed by atoms with Gasteiger partial charge in [-0.1, -0.05) is 23.7 Å². The first-order chi connectivity index (χ1) is 8.66. The average molecular weight is 262 g/mol. The van der Waals surface area contributed by atoms with Gasteiger partial charge < -0.3 is 5.32 Å². The lowest BCUT2D eigenvalue weighted by molar-refractivity contribution is 0.555. The van der Waals surface area contributed by atoms with Crippen LogP contribution in [0.1, 0.15) is 29.9 Å². The van der Waals surface area contributed by atoms with E-state index in [1.165, 1.54) is 0 Å². The van der Waals surface area contributed by atoms with Crippen molar-refractivity contribution in [2.24, 2.45) is 0 Å². The van der Waals surface area contributed by atoms with Crippen molar-refractivity contribution in [3.05, 3.63) is 58.6 Å². The van der Waals surface area contributed by atoms with Crippen LogP contribution in [0.15, 0.2) is 36.7 Å². The molecule has 1 aromatic carbocycles. The standard InChI is InChI=1S/C14H16ClN3/c1-10-14(17-7-6-16-10)11(2)18-9-12-4-3-5-13(15)8-12/h3-8,11,18H,9H2,1-2H3. The van der Waals surface area contributed by atoms with Crippen LogP contribution in [0.25, 0.3) is 0 Å². The van der Waals surface area contributed by atoms with Gasteiger partial charge in [-0.05, 0) is 31.5 Å². The summed E-state index contributed by atoms with van der Waals surface area (Å²) in [6.07, 6.45) is 3.43. The quantitative estimate of drug-likeness (QED) is 0.918. The number of nitrogens with zero attached hydrogens (tertiary/aromatic N) is 2. The number of halogens is 1. The fraction of sp³-hybridized carbons (Fsp3) is 0.286. The Morgan fingerprint density at radius 3 is 2.78 bits per heavy atom. The monoisotopic (exact) mass is 261 g/mol. The van der Waals surface area contributed by atoms with Gasteiger partial charge in [-0.2, -0.15) is 0 Å². The predicted octanol–water partition coefficient (Wildman–Crippen LogP) is 3.29. The summed E-state index contributed by atoms with van der Waals surface area (Å²) >= 11 is 5.95. The number of aryl methyl sites for hydroxylation is 1. The van der Waals surface area contributed by atoms with Crippen LogP contribution in [0.4, 0.5) is 0 Å². The number of nitrogens with one attached hydrogen (secondary N) is 1. The molecular formula is C14H16ClN3. The minimum absolute atomic E-state index is 0.165. The summed E-state index contributed by atoms with van der Waals surface area (Å²) < 4.78 is 0. The summed E-state index contributed by atoms with van der Waals surface area (Å²) in [6, 6.07) is 8.01. The molecule has 1 aromatic heterocycles. The Kier molecular flexibility index (Phi) is 4.28. The fourth-order valence-corrected chi connectivity index (χ4v) is 2.07. The molecule has 3 nitrogen and oxygen atoms in total. The fourth-order valence-electron chi connectivity index (χ4n) is 1.86. The molecule has 1 atom stereocenters. The second kappa shape index (κ2) is 5.94. The zero-order chi connectivity index (χ0) is 13.0. The lowest BCUT2D eigenvalue weighted by Gasteiger charge is -2.14. The zero-order valence-electron chi connectivity index (χ0n) is 10.5. The second-order valence-corrected chi connectivity index (χ2v) is 4.70. The lowest BCUT2D eigenvalue weighted by Crippen LogP contribution is -2.20. The van der Waals surface area contributed by atoms with E-state index in [9.17, 15) is 0 Å². The highest BCUT2D eigenvalue weighted by Gasteiger charge is 2.09. The molecule has 0 bridgehead atoms. The van der Waals surface area contributed by atoms with Gasteiger partial charge in [-0.3, -0.25) is 9.97 Å². The third-order valence-electron chi connectivity index (χ3n) is 2.83. The van der Waals surface area contributed by atoms with E-state index in [2.05, 4.69) is 28.3 Å². The van der Waals surface area contributed by atoms with Crippen LogP contribution in [0.3, 0.4) is 0 Å². The van der Waals surface area contributed by atoms with Gasteiger partial charge in [0, 0.05) is 30.0 Å². The Hall–Kier alpha value is -1.45. The van der Waals surface area contributed by atoms with E-state index < -0.39 is 0 Å². The molecule has 18 heavy (non-hydrogen) atoms. The van der Waals surface area contributed by atoms with Crippen LogP contribution < -0.4 is 5.32 Å². The first-order valence-electron chi connectivity index (χ1n) is 5.92. The molecule has 0 saturated carbocycles. The SMILES string of the molecule is Cc1nccnc1C(C)NCc1cccc(Cl)c1. The van der Waals surface area contributed by atoms with Crippen LogP contribution in [-0.4, -0.2) is 9.97 Å². The maximum atomic E-state index is 5.95. The molecule has 0 aliphatic rings. The molecular weight excluding hydrogens is 246 g/mol. The van der Waals surface area contributed by atoms with Crippen LogP contribution >= 0.6 is 11.6 Å². The topological polar surface area (TPSA) is 37.8 Å². The van der Waals surface area contributed by atoms with Crippen LogP contribution in [0, 0.1) is 6.92 Å². The zero-order valence-corrected chi connectivity index (χ0v) is 11.3. The molecule has 0 aliphatic carbocycles. The number of benzene rings is 1. The molecule has 0 amide bonds. The van der Waals surface area contributed by atoms with Crippen LogP contribution in [-0.2, 0) is 6.54 Å². The lowest BCUT2D eigenvalue weighted by atomic mass is 10.1. The molecule has 0 fully saturated rings. The summed E-state index contributed by atoms with van der Waals surface area (Å²) in [6.45, 7) is 4.82. The van der Waals surface area contributed by atoms with Gasteiger partial charge in [-0.25, -0.2) is 0 Å². The first kappa shape index (κ1) is 13.0. The summed E-state index contributed by atoms with van der Waals surface area (Å²) in [5.74, 6) is 0. The van der Waals surface area contributed by atoms with Crippen molar-refractivity contribution >= 4 is 11.6 Å². The van der Waals surface area contributed by atoms with Gasteiger partial charge in [0.1, 0.15) is 0 Å². The Labute approximate surface area is 112 Å². The van der Waals surface area contributed by atoms with Crippen LogP contribution in [0.5, 0.6) is 0 Å². The summed E-state index contributed by atoms with van der Waals surface area (Å²) in [5, 5.41) is 4.18. The normalized spacial score (nSPS) is 12.4. The van der Waals surface area contributed by atoms with E-state index in [-0.39, 0.29) is 6.04 Å². The average Bonchev–Trinajstić information content (AvgIpc) is 2.37. The Morgan fingerprint density at radius 1 is 1.28 bits per heavy atom. The van der Waals surface area contributed by atoms with Gasteiger partial charge in [-0.15, -0.1) is 0 Å². The minimum Gasteiger partial charge on any atom is -0.305 e. The molecule has 1 unspecified atom stereocenters. The summed E-state index contributed by atoms with van der Waals surface area (Å²) in [7, 11) is 0. The summed E-state index contributed by atoms with van der Waals surface area (Å²) in [4.78, 5) is 8.60. The largest absolute Gasteiger partial charge is 0.305 e. The molecule has 94 valence electrons. The Bertz CT molecular complexity index is 528. The van der Waals surface area contributed by atoms with Crippen molar-refractivity contribution in [1.29, 1.82) is 0 Å². The number of hydrogen-bond donors (Lipinski definition) is 1. The van der Waals surface area contributed by atoms with Crippen LogP contribution in [0.2, 0.25) is 5.02 Å². The third-order valence-corrected chi connectivity index (χ3v) is 3.07. The van der Waals surface area contributed by atoms with E-state index in [1.807, 2.05) is 25.1 Å². The molecule has 1 heterocycles. The van der Waals surface area contributed by atoms with E-state index >= 15 is 0 Å². The van der Waals surface area contributed by atoms with Gasteiger partial charge in [0.15, 0.2) is 0 Å². The van der Waals surface area contributed by atoms with E-state index in [4.69, 9.17) is 11.6 Å². The number of hydrogen-bond acceptors (Lipinski definition) is 3. The molecule has 0 aliphatic heterocycles. The summed E-state index contributed by atoms with van der Waals surface area (Å²) in [5.41, 5.74) is 3.11.